The monoisotopic (exact) mass is 428 g/mol. The average Bonchev–Trinajstić information content (AvgIpc) is 2.74. The largest absolute Gasteiger partial charge is 0.494 e. The topological polar surface area (TPSA) is 120 Å². The fourth-order valence-electron chi connectivity index (χ4n) is 2.90. The highest BCUT2D eigenvalue weighted by Gasteiger charge is 2.19. The van der Waals surface area contributed by atoms with E-state index < -0.39 is 15.5 Å². The molecule has 0 saturated heterocycles. The fraction of sp³-hybridized carbons (Fsp3) is 0.409. The Balaban J connectivity index is 1.94. The number of ether oxygens (including phenoxy) is 1. The first kappa shape index (κ1) is 23.8. The lowest BCUT2D eigenvalue weighted by atomic mass is 10.1. The van der Waals surface area contributed by atoms with Crippen LogP contribution in [0.2, 0.25) is 0 Å². The Hall–Kier alpha value is -3.49. The van der Waals surface area contributed by atoms with Crippen molar-refractivity contribution in [2.45, 2.75) is 46.5 Å². The molecule has 2 aromatic rings. The van der Waals surface area contributed by atoms with Gasteiger partial charge in [0.2, 0.25) is 0 Å². The molecular formula is C22H28N4O5. The van der Waals surface area contributed by atoms with Crippen molar-refractivity contribution in [3.05, 3.63) is 68.3 Å². The third kappa shape index (κ3) is 7.69. The fourth-order valence-corrected chi connectivity index (χ4v) is 2.90. The van der Waals surface area contributed by atoms with Gasteiger partial charge in [-0.25, -0.2) is 0 Å². The molecule has 0 unspecified atom stereocenters. The van der Waals surface area contributed by atoms with Gasteiger partial charge in [-0.05, 0) is 55.2 Å². The zero-order valence-corrected chi connectivity index (χ0v) is 18.0. The van der Waals surface area contributed by atoms with E-state index in [2.05, 4.69) is 24.4 Å². The predicted molar refractivity (Wildman–Crippen MR) is 121 cm³/mol. The Kier molecular flexibility index (Phi) is 8.93. The molecule has 0 amide bonds. The lowest BCUT2D eigenvalue weighted by molar-refractivity contribution is -0.393. The van der Waals surface area contributed by atoms with Crippen molar-refractivity contribution in [3.63, 3.8) is 0 Å². The highest BCUT2D eigenvalue weighted by molar-refractivity contribution is 5.99. The van der Waals surface area contributed by atoms with Gasteiger partial charge in [-0.2, -0.15) is 5.10 Å². The molecule has 0 aliphatic heterocycles. The number of unbranched alkanes of at least 4 members (excludes halogenated alkanes) is 2. The normalized spacial score (nSPS) is 11.4. The quantitative estimate of drug-likeness (QED) is 0.193. The summed E-state index contributed by atoms with van der Waals surface area (Å²) in [6.45, 7) is 6.89. The molecule has 0 radical (unpaired) electrons. The second kappa shape index (κ2) is 11.6. The minimum absolute atomic E-state index is 0.0763. The zero-order valence-electron chi connectivity index (χ0n) is 18.0. The van der Waals surface area contributed by atoms with Gasteiger partial charge in [-0.15, -0.1) is 0 Å². The Labute approximate surface area is 181 Å². The molecule has 0 aliphatic rings. The number of rotatable bonds is 12. The van der Waals surface area contributed by atoms with Gasteiger partial charge in [-0.3, -0.25) is 25.7 Å². The Morgan fingerprint density at radius 3 is 2.35 bits per heavy atom. The van der Waals surface area contributed by atoms with Crippen LogP contribution in [0.5, 0.6) is 5.75 Å². The van der Waals surface area contributed by atoms with Crippen molar-refractivity contribution in [2.24, 2.45) is 11.0 Å². The second-order valence-electron chi connectivity index (χ2n) is 7.64. The number of anilines is 1. The lowest BCUT2D eigenvalue weighted by Gasteiger charge is -2.08. The number of hydrazone groups is 1. The number of hydrogen-bond donors (Lipinski definition) is 1. The third-order valence-electron chi connectivity index (χ3n) is 4.70. The van der Waals surface area contributed by atoms with Crippen LogP contribution in [0, 0.1) is 26.1 Å². The maximum atomic E-state index is 11.2. The van der Waals surface area contributed by atoms with Gasteiger partial charge < -0.3 is 4.74 Å². The van der Waals surface area contributed by atoms with Crippen LogP contribution in [0.1, 0.15) is 52.0 Å². The molecule has 0 aromatic heterocycles. The van der Waals surface area contributed by atoms with Gasteiger partial charge in [0.15, 0.2) is 0 Å². The van der Waals surface area contributed by atoms with Gasteiger partial charge in [0, 0.05) is 6.07 Å². The summed E-state index contributed by atoms with van der Waals surface area (Å²) in [7, 11) is 0. The van der Waals surface area contributed by atoms with E-state index in [-0.39, 0.29) is 11.4 Å². The maximum absolute atomic E-state index is 11.2. The highest BCUT2D eigenvalue weighted by Crippen LogP contribution is 2.29. The van der Waals surface area contributed by atoms with Crippen molar-refractivity contribution >= 4 is 22.8 Å². The zero-order chi connectivity index (χ0) is 22.8. The first-order valence-corrected chi connectivity index (χ1v) is 10.2. The number of nitrogens with zero attached hydrogens (tertiary/aromatic N) is 3. The van der Waals surface area contributed by atoms with Crippen molar-refractivity contribution in [2.75, 3.05) is 12.0 Å². The summed E-state index contributed by atoms with van der Waals surface area (Å²) in [4.78, 5) is 20.7. The van der Waals surface area contributed by atoms with E-state index in [1.807, 2.05) is 24.3 Å². The molecule has 0 saturated carbocycles. The van der Waals surface area contributed by atoms with E-state index in [9.17, 15) is 20.2 Å². The lowest BCUT2D eigenvalue weighted by Crippen LogP contribution is -2.03. The number of hydrogen-bond acceptors (Lipinski definition) is 7. The van der Waals surface area contributed by atoms with Crippen LogP contribution < -0.4 is 10.2 Å². The number of nitro groups is 2. The van der Waals surface area contributed by atoms with Crippen LogP contribution in [0.4, 0.5) is 17.1 Å². The molecule has 31 heavy (non-hydrogen) atoms. The van der Waals surface area contributed by atoms with Gasteiger partial charge in [-0.1, -0.05) is 33.1 Å². The van der Waals surface area contributed by atoms with Crippen LogP contribution in [0.3, 0.4) is 0 Å². The van der Waals surface area contributed by atoms with Crippen molar-refractivity contribution in [1.82, 2.24) is 0 Å². The van der Waals surface area contributed by atoms with Crippen molar-refractivity contribution < 1.29 is 14.6 Å². The van der Waals surface area contributed by atoms with Crippen LogP contribution in [-0.2, 0) is 0 Å². The van der Waals surface area contributed by atoms with Crippen LogP contribution >= 0.6 is 0 Å². The van der Waals surface area contributed by atoms with Gasteiger partial charge in [0.1, 0.15) is 11.4 Å². The Bertz CT molecular complexity index is 926. The average molecular weight is 428 g/mol. The molecule has 9 nitrogen and oxygen atoms in total. The van der Waals surface area contributed by atoms with Gasteiger partial charge in [0.05, 0.1) is 28.2 Å². The third-order valence-corrected chi connectivity index (χ3v) is 4.70. The van der Waals surface area contributed by atoms with Crippen LogP contribution in [0.25, 0.3) is 0 Å². The Morgan fingerprint density at radius 2 is 1.74 bits per heavy atom. The van der Waals surface area contributed by atoms with E-state index in [0.29, 0.717) is 12.3 Å². The summed E-state index contributed by atoms with van der Waals surface area (Å²) in [6.07, 6.45) is 4.63. The Morgan fingerprint density at radius 1 is 1.03 bits per heavy atom. The number of nitrogens with one attached hydrogen (secondary N) is 1. The summed E-state index contributed by atoms with van der Waals surface area (Å²) in [6, 6.07) is 10.8. The number of nitro benzene ring substituents is 2. The molecular weight excluding hydrogens is 400 g/mol. The maximum Gasteiger partial charge on any atom is 0.301 e. The molecule has 0 spiro atoms. The molecule has 0 heterocycles. The smallest absolute Gasteiger partial charge is 0.301 e. The number of non-ortho nitro benzene ring substituents is 1. The van der Waals surface area contributed by atoms with E-state index in [0.717, 1.165) is 36.1 Å². The van der Waals surface area contributed by atoms with E-state index in [4.69, 9.17) is 4.74 Å². The van der Waals surface area contributed by atoms with Gasteiger partial charge >= 0.3 is 5.69 Å². The van der Waals surface area contributed by atoms with E-state index in [1.165, 1.54) is 25.0 Å². The molecule has 1 N–H and O–H groups in total. The van der Waals surface area contributed by atoms with E-state index >= 15 is 0 Å². The predicted octanol–water partition coefficient (Wildman–Crippen LogP) is 5.93. The number of benzene rings is 2. The van der Waals surface area contributed by atoms with Crippen LogP contribution in [-0.4, -0.2) is 22.2 Å². The molecule has 2 aromatic carbocycles. The van der Waals surface area contributed by atoms with Crippen molar-refractivity contribution in [1.29, 1.82) is 0 Å². The van der Waals surface area contributed by atoms with Crippen molar-refractivity contribution in [3.8, 4) is 5.75 Å². The molecule has 9 heteroatoms. The summed E-state index contributed by atoms with van der Waals surface area (Å²) in [5.41, 5.74) is 3.36. The first-order chi connectivity index (χ1) is 14.8. The standard InChI is InChI=1S/C22H28N4O5/c1-16(2)7-5-4-6-14-31-20-11-8-18(9-12-20)17(3)23-24-21-13-10-19(25(27)28)15-22(21)26(29)30/h8-13,15-16,24H,4-7,14H2,1-3H3/b23-17-. The summed E-state index contributed by atoms with van der Waals surface area (Å²) >= 11 is 0. The van der Waals surface area contributed by atoms with Gasteiger partial charge in [0.25, 0.3) is 5.69 Å². The summed E-state index contributed by atoms with van der Waals surface area (Å²) in [5.74, 6) is 1.51. The molecule has 0 bridgehead atoms. The summed E-state index contributed by atoms with van der Waals surface area (Å²) in [5, 5.41) is 26.2. The first-order valence-electron chi connectivity index (χ1n) is 10.2. The van der Waals surface area contributed by atoms with Crippen LogP contribution in [0.15, 0.2) is 47.6 Å². The summed E-state index contributed by atoms with van der Waals surface area (Å²) < 4.78 is 5.76. The van der Waals surface area contributed by atoms with E-state index in [1.54, 1.807) is 6.92 Å². The molecule has 0 aliphatic carbocycles. The minimum Gasteiger partial charge on any atom is -0.494 e. The molecule has 166 valence electrons. The molecule has 0 atom stereocenters. The molecule has 2 rings (SSSR count). The minimum atomic E-state index is -0.685. The second-order valence-corrected chi connectivity index (χ2v) is 7.64. The highest BCUT2D eigenvalue weighted by atomic mass is 16.6. The molecule has 0 fully saturated rings. The SMILES string of the molecule is C/C(=N/Nc1ccc([N+](=O)[O-])cc1[N+](=O)[O-])c1ccc(OCCCCCC(C)C)cc1.